The van der Waals surface area contributed by atoms with E-state index >= 15 is 0 Å². The highest BCUT2D eigenvalue weighted by atomic mass is 32.2. The number of carbonyl (C=O) groups excluding carboxylic acids is 1. The SMILES string of the molecule is CCCCc1nnc(NC(=O)[C@@H](N=C2NS(=O)(=O)c3ccccc32)C(C)C)s1. The van der Waals surface area contributed by atoms with E-state index < -0.39 is 16.1 Å². The van der Waals surface area contributed by atoms with Gasteiger partial charge in [-0.1, -0.05) is 50.7 Å². The Bertz CT molecular complexity index is 998. The number of amidine groups is 1. The molecule has 0 aliphatic carbocycles. The van der Waals surface area contributed by atoms with Gasteiger partial charge in [0.05, 0.1) is 4.90 Å². The smallest absolute Gasteiger partial charge is 0.263 e. The first-order valence-electron chi connectivity index (χ1n) is 9.15. The molecule has 3 rings (SSSR count). The van der Waals surface area contributed by atoms with Gasteiger partial charge in [-0.05, 0) is 24.5 Å². The first-order chi connectivity index (χ1) is 13.3. The van der Waals surface area contributed by atoms with Crippen molar-refractivity contribution in [2.75, 3.05) is 5.32 Å². The maximum Gasteiger partial charge on any atom is 0.263 e. The number of nitrogens with zero attached hydrogens (tertiary/aromatic N) is 3. The third-order valence-electron chi connectivity index (χ3n) is 4.27. The van der Waals surface area contributed by atoms with E-state index in [9.17, 15) is 13.2 Å². The summed E-state index contributed by atoms with van der Waals surface area (Å²) in [5.74, 6) is -0.299. The average molecular weight is 422 g/mol. The highest BCUT2D eigenvalue weighted by Gasteiger charge is 2.32. The van der Waals surface area contributed by atoms with Crippen LogP contribution < -0.4 is 10.0 Å². The summed E-state index contributed by atoms with van der Waals surface area (Å²) in [5.41, 5.74) is 0.471. The minimum atomic E-state index is -3.65. The first kappa shape index (κ1) is 20.4. The zero-order valence-corrected chi connectivity index (χ0v) is 17.6. The molecule has 1 aliphatic heterocycles. The van der Waals surface area contributed by atoms with E-state index in [1.807, 2.05) is 13.8 Å². The van der Waals surface area contributed by atoms with Gasteiger partial charge in [0.25, 0.3) is 15.9 Å². The van der Waals surface area contributed by atoms with Gasteiger partial charge in [-0.25, -0.2) is 8.42 Å². The van der Waals surface area contributed by atoms with Gasteiger partial charge in [-0.3, -0.25) is 19.8 Å². The van der Waals surface area contributed by atoms with Crippen LogP contribution in [0.3, 0.4) is 0 Å². The van der Waals surface area contributed by atoms with Crippen LogP contribution in [0.5, 0.6) is 0 Å². The Labute approximate surface area is 168 Å². The van der Waals surface area contributed by atoms with E-state index in [1.165, 1.54) is 17.4 Å². The van der Waals surface area contributed by atoms with Gasteiger partial charge < -0.3 is 0 Å². The number of aryl methyl sites for hydroxylation is 1. The van der Waals surface area contributed by atoms with Crippen molar-refractivity contribution in [3.63, 3.8) is 0 Å². The molecule has 1 aromatic carbocycles. The lowest BCUT2D eigenvalue weighted by molar-refractivity contribution is -0.118. The Hall–Kier alpha value is -2.33. The maximum absolute atomic E-state index is 12.8. The highest BCUT2D eigenvalue weighted by Crippen LogP contribution is 2.24. The molecule has 0 spiro atoms. The maximum atomic E-state index is 12.8. The van der Waals surface area contributed by atoms with Gasteiger partial charge in [-0.2, -0.15) is 0 Å². The summed E-state index contributed by atoms with van der Waals surface area (Å²) < 4.78 is 27.0. The van der Waals surface area contributed by atoms with Crippen molar-refractivity contribution >= 4 is 38.2 Å². The number of unbranched alkanes of at least 4 members (excludes halogenated alkanes) is 1. The van der Waals surface area contributed by atoms with E-state index in [0.29, 0.717) is 10.7 Å². The average Bonchev–Trinajstić information content (AvgIpc) is 3.19. The molecular weight excluding hydrogens is 398 g/mol. The summed E-state index contributed by atoms with van der Waals surface area (Å²) in [6, 6.07) is 5.81. The van der Waals surface area contributed by atoms with E-state index in [2.05, 4.69) is 32.2 Å². The third-order valence-corrected chi connectivity index (χ3v) is 6.57. The summed E-state index contributed by atoms with van der Waals surface area (Å²) in [7, 11) is -3.65. The molecule has 1 atom stereocenters. The number of hydrogen-bond donors (Lipinski definition) is 2. The molecule has 8 nitrogen and oxygen atoms in total. The number of carbonyl (C=O) groups is 1. The number of fused-ring (bicyclic) bond motifs is 1. The monoisotopic (exact) mass is 421 g/mol. The van der Waals surface area contributed by atoms with Crippen LogP contribution >= 0.6 is 11.3 Å². The number of benzene rings is 1. The first-order valence-corrected chi connectivity index (χ1v) is 11.4. The molecule has 2 aromatic rings. The van der Waals surface area contributed by atoms with Crippen molar-refractivity contribution < 1.29 is 13.2 Å². The fourth-order valence-corrected chi connectivity index (χ4v) is 4.82. The van der Waals surface area contributed by atoms with Crippen molar-refractivity contribution in [1.82, 2.24) is 14.9 Å². The molecule has 28 heavy (non-hydrogen) atoms. The largest absolute Gasteiger partial charge is 0.299 e. The Morgan fingerprint density at radius 3 is 2.75 bits per heavy atom. The van der Waals surface area contributed by atoms with Gasteiger partial charge in [0.2, 0.25) is 5.13 Å². The van der Waals surface area contributed by atoms with Gasteiger partial charge in [0.15, 0.2) is 0 Å². The van der Waals surface area contributed by atoms with Crippen LogP contribution in [-0.4, -0.2) is 36.4 Å². The second-order valence-corrected chi connectivity index (χ2v) is 9.57. The number of aliphatic imine (C=N–C) groups is 1. The number of anilines is 1. The Morgan fingerprint density at radius 2 is 2.04 bits per heavy atom. The van der Waals surface area contributed by atoms with Crippen LogP contribution in [-0.2, 0) is 21.2 Å². The van der Waals surface area contributed by atoms with Crippen molar-refractivity contribution in [3.05, 3.63) is 34.8 Å². The van der Waals surface area contributed by atoms with Crippen molar-refractivity contribution in [1.29, 1.82) is 0 Å². The Morgan fingerprint density at radius 1 is 1.29 bits per heavy atom. The number of rotatable bonds is 7. The van der Waals surface area contributed by atoms with Crippen LogP contribution in [0.2, 0.25) is 0 Å². The van der Waals surface area contributed by atoms with Gasteiger partial charge >= 0.3 is 0 Å². The van der Waals surface area contributed by atoms with Crippen molar-refractivity contribution in [2.24, 2.45) is 10.9 Å². The van der Waals surface area contributed by atoms with Crippen LogP contribution in [0.4, 0.5) is 5.13 Å². The number of sulfonamides is 1. The van der Waals surface area contributed by atoms with E-state index in [0.717, 1.165) is 24.3 Å². The zero-order chi connectivity index (χ0) is 20.3. The molecule has 0 saturated carbocycles. The molecule has 0 radical (unpaired) electrons. The zero-order valence-electron chi connectivity index (χ0n) is 16.0. The predicted octanol–water partition coefficient (Wildman–Crippen LogP) is 2.58. The molecule has 2 heterocycles. The minimum Gasteiger partial charge on any atom is -0.299 e. The summed E-state index contributed by atoms with van der Waals surface area (Å²) >= 11 is 1.35. The lowest BCUT2D eigenvalue weighted by atomic mass is 10.0. The molecule has 0 saturated heterocycles. The van der Waals surface area contributed by atoms with Gasteiger partial charge in [0.1, 0.15) is 16.9 Å². The lowest BCUT2D eigenvalue weighted by Crippen LogP contribution is -2.34. The molecule has 10 heteroatoms. The fraction of sp³-hybridized carbons (Fsp3) is 0.444. The second-order valence-electron chi connectivity index (χ2n) is 6.86. The van der Waals surface area contributed by atoms with E-state index in [-0.39, 0.29) is 22.6 Å². The van der Waals surface area contributed by atoms with E-state index in [1.54, 1.807) is 18.2 Å². The van der Waals surface area contributed by atoms with Gasteiger partial charge in [0, 0.05) is 12.0 Å². The second kappa shape index (κ2) is 8.36. The summed E-state index contributed by atoms with van der Waals surface area (Å²) in [6.45, 7) is 5.82. The van der Waals surface area contributed by atoms with Crippen LogP contribution in [0.25, 0.3) is 0 Å². The molecule has 1 aliphatic rings. The van der Waals surface area contributed by atoms with Crippen LogP contribution in [0, 0.1) is 5.92 Å². The van der Waals surface area contributed by atoms with E-state index in [4.69, 9.17) is 0 Å². The molecule has 0 fully saturated rings. The Balaban J connectivity index is 1.82. The fourth-order valence-electron chi connectivity index (χ4n) is 2.79. The van der Waals surface area contributed by atoms with Gasteiger partial charge in [-0.15, -0.1) is 10.2 Å². The summed E-state index contributed by atoms with van der Waals surface area (Å²) in [4.78, 5) is 17.4. The van der Waals surface area contributed by atoms with Crippen molar-refractivity contribution in [3.8, 4) is 0 Å². The molecule has 1 aromatic heterocycles. The lowest BCUT2D eigenvalue weighted by Gasteiger charge is -2.16. The molecule has 2 N–H and O–H groups in total. The third kappa shape index (κ3) is 4.39. The molecular formula is C18H23N5O3S2. The predicted molar refractivity (Wildman–Crippen MR) is 109 cm³/mol. The summed E-state index contributed by atoms with van der Waals surface area (Å²) in [5, 5.41) is 12.2. The summed E-state index contributed by atoms with van der Waals surface area (Å²) in [6.07, 6.45) is 2.91. The molecule has 0 bridgehead atoms. The number of hydrogen-bond acceptors (Lipinski definition) is 7. The number of nitrogens with one attached hydrogen (secondary N) is 2. The Kier molecular flexibility index (Phi) is 6.09. The molecule has 1 amide bonds. The van der Waals surface area contributed by atoms with Crippen molar-refractivity contribution in [2.45, 2.75) is 51.0 Å². The standard InChI is InChI=1S/C18H23N5O3S2/c1-4-5-10-14-21-22-18(27-14)20-17(24)15(11(2)3)19-16-12-8-6-7-9-13(12)28(25,26)23-16/h6-9,11,15H,4-5,10H2,1-3H3,(H,19,23)(H,20,22,24)/t15-/m0/s1. The number of amides is 1. The number of aromatic nitrogens is 2. The normalized spacial score (nSPS) is 17.4. The topological polar surface area (TPSA) is 113 Å². The van der Waals surface area contributed by atoms with Crippen LogP contribution in [0.15, 0.2) is 34.2 Å². The molecule has 0 unspecified atom stereocenters. The van der Waals surface area contributed by atoms with Crippen LogP contribution in [0.1, 0.15) is 44.2 Å². The molecule has 150 valence electrons. The minimum absolute atomic E-state index is 0.141. The quantitative estimate of drug-likeness (QED) is 0.713. The highest BCUT2D eigenvalue weighted by molar-refractivity contribution is 7.90.